The van der Waals surface area contributed by atoms with E-state index in [1.54, 1.807) is 29.7 Å². The quantitative estimate of drug-likeness (QED) is 0.593. The topological polar surface area (TPSA) is 36.1 Å². The van der Waals surface area contributed by atoms with Crippen molar-refractivity contribution < 1.29 is 0 Å². The molecule has 1 aliphatic rings. The van der Waals surface area contributed by atoms with E-state index in [4.69, 9.17) is 5.26 Å². The number of nitrogens with zero attached hydrogens (tertiary/aromatic N) is 2. The zero-order valence-electron chi connectivity index (χ0n) is 8.59. The molecule has 0 atom stereocenters. The van der Waals surface area contributed by atoms with E-state index in [2.05, 4.69) is 11.1 Å². The average Bonchev–Trinajstić information content (AvgIpc) is 2.85. The van der Waals surface area contributed by atoms with Crippen LogP contribution < -0.4 is 0 Å². The van der Waals surface area contributed by atoms with E-state index >= 15 is 0 Å². The van der Waals surface area contributed by atoms with Crippen molar-refractivity contribution in [2.75, 3.05) is 11.5 Å². The number of aliphatic imine (C=N–C) groups is 1. The SMILES string of the molecule is N#CC(N=Cc1ccccc1)=C1SCCS1. The molecule has 0 amide bonds. The Morgan fingerprint density at radius 1 is 1.25 bits per heavy atom. The van der Waals surface area contributed by atoms with Crippen molar-refractivity contribution in [1.29, 1.82) is 5.26 Å². The van der Waals surface area contributed by atoms with E-state index in [1.807, 2.05) is 30.3 Å². The lowest BCUT2D eigenvalue weighted by molar-refractivity contribution is 1.39. The van der Waals surface area contributed by atoms with Crippen LogP contribution in [0.3, 0.4) is 0 Å². The standard InChI is InChI=1S/C12H10N2S2/c13-8-11(12-15-6-7-16-12)14-9-10-4-2-1-3-5-10/h1-5,9H,6-7H2. The van der Waals surface area contributed by atoms with Gasteiger partial charge >= 0.3 is 0 Å². The highest BCUT2D eigenvalue weighted by Gasteiger charge is 2.13. The molecule has 80 valence electrons. The molecule has 1 aliphatic heterocycles. The van der Waals surface area contributed by atoms with Crippen molar-refractivity contribution in [3.8, 4) is 6.07 Å². The maximum absolute atomic E-state index is 9.02. The van der Waals surface area contributed by atoms with Crippen LogP contribution in [-0.4, -0.2) is 17.7 Å². The third kappa shape index (κ3) is 2.91. The van der Waals surface area contributed by atoms with Crippen LogP contribution in [-0.2, 0) is 0 Å². The van der Waals surface area contributed by atoms with E-state index in [-0.39, 0.29) is 0 Å². The lowest BCUT2D eigenvalue weighted by atomic mass is 10.2. The number of rotatable bonds is 2. The molecule has 0 unspecified atom stereocenters. The van der Waals surface area contributed by atoms with Gasteiger partial charge in [-0.25, -0.2) is 4.99 Å². The predicted molar refractivity (Wildman–Crippen MR) is 71.6 cm³/mol. The molecule has 0 aliphatic carbocycles. The Labute approximate surface area is 103 Å². The van der Waals surface area contributed by atoms with Gasteiger partial charge in [-0.1, -0.05) is 30.3 Å². The number of hydrogen-bond donors (Lipinski definition) is 0. The minimum absolute atomic E-state index is 0.538. The summed E-state index contributed by atoms with van der Waals surface area (Å²) in [7, 11) is 0. The monoisotopic (exact) mass is 246 g/mol. The van der Waals surface area contributed by atoms with Gasteiger partial charge in [0.25, 0.3) is 0 Å². The second kappa shape index (κ2) is 5.78. The average molecular weight is 246 g/mol. The van der Waals surface area contributed by atoms with Crippen molar-refractivity contribution in [3.05, 3.63) is 45.8 Å². The van der Waals surface area contributed by atoms with Crippen LogP contribution in [0.5, 0.6) is 0 Å². The van der Waals surface area contributed by atoms with E-state index < -0.39 is 0 Å². The van der Waals surface area contributed by atoms with Crippen molar-refractivity contribution in [1.82, 2.24) is 0 Å². The number of benzene rings is 1. The molecule has 0 radical (unpaired) electrons. The summed E-state index contributed by atoms with van der Waals surface area (Å²) in [4.78, 5) is 4.25. The Morgan fingerprint density at radius 3 is 2.56 bits per heavy atom. The second-order valence-electron chi connectivity index (χ2n) is 3.11. The molecule has 0 aromatic heterocycles. The largest absolute Gasteiger partial charge is 0.243 e. The number of nitriles is 1. The Balaban J connectivity index is 2.17. The third-order valence-corrected chi connectivity index (χ3v) is 4.68. The molecule has 1 saturated heterocycles. The van der Waals surface area contributed by atoms with Crippen molar-refractivity contribution in [2.24, 2.45) is 4.99 Å². The molecule has 1 aromatic rings. The maximum atomic E-state index is 9.02. The minimum Gasteiger partial charge on any atom is -0.243 e. The highest BCUT2D eigenvalue weighted by atomic mass is 32.2. The lowest BCUT2D eigenvalue weighted by Crippen LogP contribution is -1.82. The van der Waals surface area contributed by atoms with Gasteiger partial charge in [0.15, 0.2) is 5.70 Å². The predicted octanol–water partition coefficient (Wildman–Crippen LogP) is 3.28. The van der Waals surface area contributed by atoms with E-state index in [0.717, 1.165) is 21.3 Å². The Kier molecular flexibility index (Phi) is 4.09. The van der Waals surface area contributed by atoms with Gasteiger partial charge in [0.1, 0.15) is 6.07 Å². The van der Waals surface area contributed by atoms with Crippen LogP contribution in [0.4, 0.5) is 0 Å². The van der Waals surface area contributed by atoms with Crippen LogP contribution >= 0.6 is 23.5 Å². The van der Waals surface area contributed by atoms with E-state index in [9.17, 15) is 0 Å². The zero-order chi connectivity index (χ0) is 11.2. The molecule has 1 heterocycles. The first-order chi connectivity index (χ1) is 7.90. The number of allylic oxidation sites excluding steroid dienone is 1. The molecule has 0 N–H and O–H groups in total. The highest BCUT2D eigenvalue weighted by molar-refractivity contribution is 8.25. The number of thioether (sulfide) groups is 2. The molecule has 1 aromatic carbocycles. The van der Waals surface area contributed by atoms with Gasteiger partial charge < -0.3 is 0 Å². The van der Waals surface area contributed by atoms with Gasteiger partial charge in [-0.15, -0.1) is 23.5 Å². The van der Waals surface area contributed by atoms with Crippen LogP contribution in [0, 0.1) is 11.3 Å². The Hall–Kier alpha value is -1.18. The van der Waals surface area contributed by atoms with Gasteiger partial charge in [-0.3, -0.25) is 0 Å². The van der Waals surface area contributed by atoms with Gasteiger partial charge in [-0.2, -0.15) is 5.26 Å². The van der Waals surface area contributed by atoms with Crippen LogP contribution in [0.2, 0.25) is 0 Å². The maximum Gasteiger partial charge on any atom is 0.160 e. The smallest absolute Gasteiger partial charge is 0.160 e. The van der Waals surface area contributed by atoms with Crippen LogP contribution in [0.15, 0.2) is 45.3 Å². The normalized spacial score (nSPS) is 15.3. The summed E-state index contributed by atoms with van der Waals surface area (Å²) in [6.07, 6.45) is 1.74. The zero-order valence-corrected chi connectivity index (χ0v) is 10.2. The summed E-state index contributed by atoms with van der Waals surface area (Å²) in [6.45, 7) is 0. The lowest BCUT2D eigenvalue weighted by Gasteiger charge is -1.95. The van der Waals surface area contributed by atoms with E-state index in [1.165, 1.54) is 0 Å². The first-order valence-corrected chi connectivity index (χ1v) is 6.86. The van der Waals surface area contributed by atoms with Gasteiger partial charge in [-0.05, 0) is 5.56 Å². The van der Waals surface area contributed by atoms with Gasteiger partial charge in [0.05, 0.1) is 4.24 Å². The van der Waals surface area contributed by atoms with Gasteiger partial charge in [0.2, 0.25) is 0 Å². The molecule has 16 heavy (non-hydrogen) atoms. The first-order valence-electron chi connectivity index (χ1n) is 4.89. The molecule has 1 fully saturated rings. The summed E-state index contributed by atoms with van der Waals surface area (Å²) in [6, 6.07) is 12.0. The van der Waals surface area contributed by atoms with Gasteiger partial charge in [0, 0.05) is 17.7 Å². The fourth-order valence-electron chi connectivity index (χ4n) is 1.25. The number of hydrogen-bond acceptors (Lipinski definition) is 4. The molecular formula is C12H10N2S2. The van der Waals surface area contributed by atoms with E-state index in [0.29, 0.717) is 5.70 Å². The third-order valence-electron chi connectivity index (χ3n) is 1.99. The van der Waals surface area contributed by atoms with Crippen molar-refractivity contribution in [3.63, 3.8) is 0 Å². The van der Waals surface area contributed by atoms with Crippen LogP contribution in [0.25, 0.3) is 0 Å². The molecular weight excluding hydrogens is 236 g/mol. The minimum atomic E-state index is 0.538. The molecule has 0 bridgehead atoms. The molecule has 2 rings (SSSR count). The highest BCUT2D eigenvalue weighted by Crippen LogP contribution is 2.38. The molecule has 2 nitrogen and oxygen atoms in total. The molecule has 4 heteroatoms. The fraction of sp³-hybridized carbons (Fsp3) is 0.167. The summed E-state index contributed by atoms with van der Waals surface area (Å²) in [5, 5.41) is 9.02. The summed E-state index contributed by atoms with van der Waals surface area (Å²) in [5.74, 6) is 2.15. The van der Waals surface area contributed by atoms with Crippen LogP contribution in [0.1, 0.15) is 5.56 Å². The van der Waals surface area contributed by atoms with Crippen molar-refractivity contribution >= 4 is 29.7 Å². The van der Waals surface area contributed by atoms with Crippen molar-refractivity contribution in [2.45, 2.75) is 0 Å². The Morgan fingerprint density at radius 2 is 1.94 bits per heavy atom. The fourth-order valence-corrected chi connectivity index (χ4v) is 3.59. The molecule has 0 spiro atoms. The summed E-state index contributed by atoms with van der Waals surface area (Å²) in [5.41, 5.74) is 1.56. The second-order valence-corrected chi connectivity index (χ2v) is 5.58. The summed E-state index contributed by atoms with van der Waals surface area (Å²) < 4.78 is 1.05. The Bertz CT molecular complexity index is 450. The first kappa shape index (κ1) is 11.3. The molecule has 0 saturated carbocycles. The summed E-state index contributed by atoms with van der Waals surface area (Å²) >= 11 is 3.43.